The van der Waals surface area contributed by atoms with Gasteiger partial charge in [0.05, 0.1) is 42.4 Å². The van der Waals surface area contributed by atoms with E-state index in [4.69, 9.17) is 19.3 Å². The number of carbonyl (C=O) groups is 1. The summed E-state index contributed by atoms with van der Waals surface area (Å²) in [6.07, 6.45) is 0.0685. The first-order valence-electron chi connectivity index (χ1n) is 11.7. The van der Waals surface area contributed by atoms with Crippen molar-refractivity contribution in [1.82, 2.24) is 9.55 Å². The highest BCUT2D eigenvalue weighted by Gasteiger charge is 2.30. The van der Waals surface area contributed by atoms with E-state index in [9.17, 15) is 4.79 Å². The Balaban J connectivity index is 1.32. The van der Waals surface area contributed by atoms with Crippen molar-refractivity contribution in [2.75, 3.05) is 25.1 Å². The molecule has 6 rings (SSSR count). The Morgan fingerprint density at radius 2 is 2.00 bits per heavy atom. The molecule has 4 aromatic rings. The molecule has 0 amide bonds. The number of imidazole rings is 1. The highest BCUT2D eigenvalue weighted by molar-refractivity contribution is 5.80. The summed E-state index contributed by atoms with van der Waals surface area (Å²) in [6, 6.07) is 20.4. The first-order chi connectivity index (χ1) is 17.1. The molecule has 178 valence electrons. The van der Waals surface area contributed by atoms with Gasteiger partial charge in [0, 0.05) is 28.8 Å². The molecule has 8 heteroatoms. The van der Waals surface area contributed by atoms with Crippen molar-refractivity contribution in [3.63, 3.8) is 0 Å². The van der Waals surface area contributed by atoms with E-state index in [2.05, 4.69) is 16.4 Å². The van der Waals surface area contributed by atoms with E-state index < -0.39 is 5.97 Å². The van der Waals surface area contributed by atoms with Gasteiger partial charge in [-0.15, -0.1) is 0 Å². The fraction of sp³-hybridized carbons (Fsp3) is 0.259. The lowest BCUT2D eigenvalue weighted by Gasteiger charge is -2.15. The Morgan fingerprint density at radius 1 is 1.11 bits per heavy atom. The van der Waals surface area contributed by atoms with Gasteiger partial charge >= 0.3 is 12.0 Å². The molecule has 2 N–H and O–H groups in total. The minimum absolute atomic E-state index is 0.0513. The second-order valence-corrected chi connectivity index (χ2v) is 8.71. The summed E-state index contributed by atoms with van der Waals surface area (Å²) in [5, 5.41) is 12.7. The SMILES string of the molecule is CCOc1nc2ccccc2n1-c1cccc2c1OCC2Nc1ccc2c(c1)OCC2CC(=O)O. The lowest BCUT2D eigenvalue weighted by atomic mass is 9.97. The van der Waals surface area contributed by atoms with Gasteiger partial charge in [-0.1, -0.05) is 30.3 Å². The monoisotopic (exact) mass is 471 g/mol. The van der Waals surface area contributed by atoms with Crippen LogP contribution in [-0.4, -0.2) is 40.4 Å². The number of benzene rings is 3. The second-order valence-electron chi connectivity index (χ2n) is 8.71. The zero-order valence-corrected chi connectivity index (χ0v) is 19.2. The Labute approximate surface area is 202 Å². The molecule has 0 fully saturated rings. The third-order valence-electron chi connectivity index (χ3n) is 6.49. The highest BCUT2D eigenvalue weighted by atomic mass is 16.5. The molecule has 0 bridgehead atoms. The van der Waals surface area contributed by atoms with E-state index in [0.29, 0.717) is 25.8 Å². The topological polar surface area (TPSA) is 94.8 Å². The average molecular weight is 472 g/mol. The number of fused-ring (bicyclic) bond motifs is 3. The molecule has 2 atom stereocenters. The number of aromatic nitrogens is 2. The summed E-state index contributed by atoms with van der Waals surface area (Å²) >= 11 is 0. The van der Waals surface area contributed by atoms with Crippen LogP contribution in [0.4, 0.5) is 5.69 Å². The van der Waals surface area contributed by atoms with E-state index in [1.54, 1.807) is 0 Å². The molecule has 0 aliphatic carbocycles. The fourth-order valence-corrected chi connectivity index (χ4v) is 4.94. The van der Waals surface area contributed by atoms with Gasteiger partial charge in [-0.2, -0.15) is 4.98 Å². The predicted molar refractivity (Wildman–Crippen MR) is 131 cm³/mol. The van der Waals surface area contributed by atoms with E-state index in [0.717, 1.165) is 45.0 Å². The van der Waals surface area contributed by atoms with Crippen molar-refractivity contribution < 1.29 is 24.1 Å². The van der Waals surface area contributed by atoms with Crippen molar-refractivity contribution in [3.05, 3.63) is 71.8 Å². The Morgan fingerprint density at radius 3 is 2.86 bits per heavy atom. The molecule has 0 radical (unpaired) electrons. The number of aliphatic carboxylic acids is 1. The maximum atomic E-state index is 11.1. The van der Waals surface area contributed by atoms with Crippen molar-refractivity contribution in [3.8, 4) is 23.2 Å². The van der Waals surface area contributed by atoms with E-state index in [-0.39, 0.29) is 18.4 Å². The molecule has 0 saturated heterocycles. The number of hydrogen-bond donors (Lipinski definition) is 2. The van der Waals surface area contributed by atoms with Crippen LogP contribution in [0.25, 0.3) is 16.7 Å². The first-order valence-corrected chi connectivity index (χ1v) is 11.7. The van der Waals surface area contributed by atoms with Crippen LogP contribution in [0.2, 0.25) is 0 Å². The number of para-hydroxylation sites is 3. The normalized spacial score (nSPS) is 18.0. The van der Waals surface area contributed by atoms with Gasteiger partial charge in [-0.3, -0.25) is 9.36 Å². The summed E-state index contributed by atoms with van der Waals surface area (Å²) in [7, 11) is 0. The van der Waals surface area contributed by atoms with Crippen LogP contribution in [0.3, 0.4) is 0 Å². The third kappa shape index (κ3) is 3.71. The van der Waals surface area contributed by atoms with Crippen molar-refractivity contribution in [2.45, 2.75) is 25.3 Å². The number of hydrogen-bond acceptors (Lipinski definition) is 6. The summed E-state index contributed by atoms with van der Waals surface area (Å²) in [6.45, 7) is 3.32. The maximum Gasteiger partial charge on any atom is 0.304 e. The molecule has 2 aliphatic rings. The molecule has 3 aromatic carbocycles. The van der Waals surface area contributed by atoms with E-state index >= 15 is 0 Å². The molecule has 8 nitrogen and oxygen atoms in total. The van der Waals surface area contributed by atoms with Gasteiger partial charge in [0.1, 0.15) is 18.1 Å². The number of nitrogens with zero attached hydrogens (tertiary/aromatic N) is 2. The number of carboxylic acid groups (broad SMARTS) is 1. The molecular formula is C27H25N3O5. The minimum atomic E-state index is -0.817. The smallest absolute Gasteiger partial charge is 0.304 e. The van der Waals surface area contributed by atoms with Crippen LogP contribution >= 0.6 is 0 Å². The van der Waals surface area contributed by atoms with Crippen molar-refractivity contribution in [2.24, 2.45) is 0 Å². The largest absolute Gasteiger partial charge is 0.493 e. The van der Waals surface area contributed by atoms with Gasteiger partial charge in [0.15, 0.2) is 0 Å². The first kappa shape index (κ1) is 21.3. The molecular weight excluding hydrogens is 446 g/mol. The maximum absolute atomic E-state index is 11.1. The second kappa shape index (κ2) is 8.54. The van der Waals surface area contributed by atoms with Gasteiger partial charge in [-0.25, -0.2) is 0 Å². The highest BCUT2D eigenvalue weighted by Crippen LogP contribution is 2.43. The van der Waals surface area contributed by atoms with Gasteiger partial charge < -0.3 is 24.6 Å². The summed E-state index contributed by atoms with van der Waals surface area (Å²) in [5.74, 6) is 0.606. The molecule has 2 unspecified atom stereocenters. The Hall–Kier alpha value is -4.20. The van der Waals surface area contributed by atoms with Crippen LogP contribution in [0.5, 0.6) is 17.5 Å². The third-order valence-corrected chi connectivity index (χ3v) is 6.49. The van der Waals surface area contributed by atoms with Crippen LogP contribution < -0.4 is 19.5 Å². The summed E-state index contributed by atoms with van der Waals surface area (Å²) < 4.78 is 19.9. The molecule has 0 spiro atoms. The zero-order chi connectivity index (χ0) is 23.9. The lowest BCUT2D eigenvalue weighted by Crippen LogP contribution is -2.11. The number of ether oxygens (including phenoxy) is 3. The minimum Gasteiger partial charge on any atom is -0.493 e. The molecule has 2 aliphatic heterocycles. The predicted octanol–water partition coefficient (Wildman–Crippen LogP) is 4.92. The van der Waals surface area contributed by atoms with Crippen LogP contribution in [0.15, 0.2) is 60.7 Å². The molecule has 1 aromatic heterocycles. The Bertz CT molecular complexity index is 1430. The lowest BCUT2D eigenvalue weighted by molar-refractivity contribution is -0.137. The van der Waals surface area contributed by atoms with Crippen molar-refractivity contribution >= 4 is 22.7 Å². The quantitative estimate of drug-likeness (QED) is 0.395. The summed E-state index contributed by atoms with van der Waals surface area (Å²) in [5.41, 5.74) is 5.59. The van der Waals surface area contributed by atoms with Gasteiger partial charge in [-0.05, 0) is 31.2 Å². The van der Waals surface area contributed by atoms with Crippen LogP contribution in [0.1, 0.15) is 36.4 Å². The zero-order valence-electron chi connectivity index (χ0n) is 19.2. The fourth-order valence-electron chi connectivity index (χ4n) is 4.94. The van der Waals surface area contributed by atoms with E-state index in [1.807, 2.05) is 66.1 Å². The number of anilines is 1. The van der Waals surface area contributed by atoms with Gasteiger partial charge in [0.2, 0.25) is 0 Å². The molecule has 0 saturated carbocycles. The standard InChI is InChI=1S/C27H25N3O5/c1-2-33-27-29-20-7-3-4-8-22(20)30(27)23-9-5-6-19-21(15-35-26(19)23)28-17-10-11-18-16(12-25(31)32)14-34-24(18)13-17/h3-11,13,16,21,28H,2,12,14-15H2,1H3,(H,31,32). The van der Waals surface area contributed by atoms with Gasteiger partial charge in [0.25, 0.3) is 0 Å². The van der Waals surface area contributed by atoms with E-state index in [1.165, 1.54) is 0 Å². The van der Waals surface area contributed by atoms with Crippen LogP contribution in [-0.2, 0) is 4.79 Å². The molecule has 35 heavy (non-hydrogen) atoms. The number of nitrogens with one attached hydrogen (secondary N) is 1. The number of rotatable bonds is 7. The average Bonchev–Trinajstić information content (AvgIpc) is 3.54. The number of carboxylic acids is 1. The van der Waals surface area contributed by atoms with Crippen molar-refractivity contribution in [1.29, 1.82) is 0 Å². The van der Waals surface area contributed by atoms with Crippen LogP contribution in [0, 0.1) is 0 Å². The molecule has 3 heterocycles. The Kier molecular flexibility index (Phi) is 5.21. The summed E-state index contributed by atoms with van der Waals surface area (Å²) in [4.78, 5) is 15.8.